The predicted octanol–water partition coefficient (Wildman–Crippen LogP) is 0.0181. The lowest BCUT2D eigenvalue weighted by Crippen LogP contribution is -2.43. The van der Waals surface area contributed by atoms with Crippen LogP contribution in [0.1, 0.15) is 26.2 Å². The van der Waals surface area contributed by atoms with Crippen LogP contribution in [0.2, 0.25) is 0 Å². The highest BCUT2D eigenvalue weighted by Crippen LogP contribution is 2.00. The van der Waals surface area contributed by atoms with Gasteiger partial charge >= 0.3 is 5.97 Å². The van der Waals surface area contributed by atoms with Crippen molar-refractivity contribution in [1.29, 1.82) is 0 Å². The topological polar surface area (TPSA) is 98.5 Å². The van der Waals surface area contributed by atoms with E-state index in [9.17, 15) is 13.2 Å². The van der Waals surface area contributed by atoms with Crippen LogP contribution in [0, 0.1) is 0 Å². The Balaban J connectivity index is 0. The first-order chi connectivity index (χ1) is 7.46. The number of rotatable bonds is 8. The molecule has 104 valence electrons. The minimum atomic E-state index is -3.43. The minimum absolute atomic E-state index is 0. The van der Waals surface area contributed by atoms with Gasteiger partial charge in [0.25, 0.3) is 0 Å². The second kappa shape index (κ2) is 9.64. The molecule has 0 heterocycles. The zero-order chi connectivity index (χ0) is 12.6. The lowest BCUT2D eigenvalue weighted by Gasteiger charge is -2.15. The van der Waals surface area contributed by atoms with E-state index in [-0.39, 0.29) is 31.1 Å². The fourth-order valence-corrected chi connectivity index (χ4v) is 2.58. The Bertz CT molecular complexity index is 308. The summed E-state index contributed by atoms with van der Waals surface area (Å²) in [5.74, 6) is -0.591. The maximum absolute atomic E-state index is 11.5. The molecular formula is C9H21ClN2O4S. The van der Waals surface area contributed by atoms with Gasteiger partial charge in [0.1, 0.15) is 6.04 Å². The van der Waals surface area contributed by atoms with Crippen LogP contribution in [0.15, 0.2) is 0 Å². The number of esters is 1. The van der Waals surface area contributed by atoms with Crippen molar-refractivity contribution in [2.75, 3.05) is 19.4 Å². The van der Waals surface area contributed by atoms with Crippen LogP contribution in [0.5, 0.6) is 0 Å². The number of nitrogens with two attached hydrogens (primary N) is 1. The predicted molar refractivity (Wildman–Crippen MR) is 68.6 cm³/mol. The summed E-state index contributed by atoms with van der Waals surface area (Å²) in [5, 5.41) is 0. The van der Waals surface area contributed by atoms with Crippen molar-refractivity contribution in [3.8, 4) is 0 Å². The van der Waals surface area contributed by atoms with E-state index in [0.717, 1.165) is 6.42 Å². The number of sulfonamides is 1. The Morgan fingerprint density at radius 2 is 2.06 bits per heavy atom. The number of unbranched alkanes of at least 4 members (excludes halogenated alkanes) is 1. The van der Waals surface area contributed by atoms with Crippen LogP contribution in [-0.4, -0.2) is 39.8 Å². The Hall–Kier alpha value is -0.370. The molecule has 1 unspecified atom stereocenters. The Labute approximate surface area is 109 Å². The van der Waals surface area contributed by atoms with Crippen LogP contribution < -0.4 is 10.5 Å². The number of methoxy groups -OCH3 is 1. The number of nitrogens with one attached hydrogen (secondary N) is 1. The van der Waals surface area contributed by atoms with Crippen molar-refractivity contribution >= 4 is 28.4 Å². The van der Waals surface area contributed by atoms with Crippen molar-refractivity contribution < 1.29 is 17.9 Å². The number of hydrogen-bond donors (Lipinski definition) is 2. The molecule has 0 saturated carbocycles. The highest BCUT2D eigenvalue weighted by molar-refractivity contribution is 7.89. The monoisotopic (exact) mass is 288 g/mol. The molecule has 0 fully saturated rings. The van der Waals surface area contributed by atoms with Gasteiger partial charge in [-0.3, -0.25) is 4.79 Å². The fourth-order valence-electron chi connectivity index (χ4n) is 1.14. The molecule has 0 radical (unpaired) electrons. The van der Waals surface area contributed by atoms with E-state index in [1.807, 2.05) is 6.92 Å². The smallest absolute Gasteiger partial charge is 0.323 e. The van der Waals surface area contributed by atoms with Gasteiger partial charge in [-0.05, 0) is 19.4 Å². The number of halogens is 1. The molecule has 0 aliphatic rings. The Morgan fingerprint density at radius 1 is 1.47 bits per heavy atom. The molecule has 0 amide bonds. The van der Waals surface area contributed by atoms with Gasteiger partial charge < -0.3 is 10.5 Å². The van der Waals surface area contributed by atoms with Crippen LogP contribution in [0.4, 0.5) is 0 Å². The van der Waals surface area contributed by atoms with Gasteiger partial charge in [0, 0.05) is 0 Å². The molecule has 0 aromatic rings. The Morgan fingerprint density at radius 3 is 2.47 bits per heavy atom. The summed E-state index contributed by atoms with van der Waals surface area (Å²) in [6.45, 7) is 2.11. The van der Waals surface area contributed by atoms with Crippen molar-refractivity contribution in [2.24, 2.45) is 5.73 Å². The number of carbonyl (C=O) groups is 1. The maximum atomic E-state index is 11.5. The van der Waals surface area contributed by atoms with Gasteiger partial charge in [0.15, 0.2) is 0 Å². The number of carbonyl (C=O) groups excluding carboxylic acids is 1. The number of ether oxygens (including phenoxy) is 1. The molecule has 0 saturated heterocycles. The summed E-state index contributed by atoms with van der Waals surface area (Å²) in [6, 6.07) is -0.878. The normalized spacial score (nSPS) is 12.6. The van der Waals surface area contributed by atoms with Gasteiger partial charge in [-0.1, -0.05) is 13.3 Å². The first kappa shape index (κ1) is 19.0. The molecule has 0 bridgehead atoms. The number of hydrogen-bond acceptors (Lipinski definition) is 5. The second-order valence-electron chi connectivity index (χ2n) is 3.44. The first-order valence-electron chi connectivity index (χ1n) is 5.24. The average molecular weight is 289 g/mol. The van der Waals surface area contributed by atoms with E-state index in [1.54, 1.807) is 0 Å². The molecule has 0 aliphatic heterocycles. The van der Waals surface area contributed by atoms with Crippen LogP contribution >= 0.6 is 12.4 Å². The van der Waals surface area contributed by atoms with Gasteiger partial charge in [0.05, 0.1) is 12.9 Å². The van der Waals surface area contributed by atoms with Crippen molar-refractivity contribution in [3.05, 3.63) is 0 Å². The zero-order valence-corrected chi connectivity index (χ0v) is 11.8. The molecule has 0 spiro atoms. The zero-order valence-electron chi connectivity index (χ0n) is 10.1. The van der Waals surface area contributed by atoms with Crippen LogP contribution in [-0.2, 0) is 19.6 Å². The van der Waals surface area contributed by atoms with Gasteiger partial charge in [-0.2, -0.15) is 0 Å². The second-order valence-corrected chi connectivity index (χ2v) is 5.32. The van der Waals surface area contributed by atoms with Crippen molar-refractivity contribution in [3.63, 3.8) is 0 Å². The Kier molecular flexibility index (Phi) is 10.8. The molecule has 1 atom stereocenters. The molecule has 0 aromatic heterocycles. The SMILES string of the molecule is CCCCS(=O)(=O)NC(CCN)C(=O)OC.Cl. The lowest BCUT2D eigenvalue weighted by molar-refractivity contribution is -0.142. The minimum Gasteiger partial charge on any atom is -0.468 e. The first-order valence-corrected chi connectivity index (χ1v) is 6.90. The van der Waals surface area contributed by atoms with E-state index >= 15 is 0 Å². The molecular weight excluding hydrogens is 268 g/mol. The highest BCUT2D eigenvalue weighted by atomic mass is 35.5. The van der Waals surface area contributed by atoms with Crippen molar-refractivity contribution in [1.82, 2.24) is 4.72 Å². The summed E-state index contributed by atoms with van der Waals surface area (Å²) in [5.41, 5.74) is 5.30. The van der Waals surface area contributed by atoms with Gasteiger partial charge in [-0.25, -0.2) is 13.1 Å². The van der Waals surface area contributed by atoms with E-state index < -0.39 is 22.0 Å². The van der Waals surface area contributed by atoms with Crippen LogP contribution in [0.25, 0.3) is 0 Å². The highest BCUT2D eigenvalue weighted by Gasteiger charge is 2.23. The summed E-state index contributed by atoms with van der Waals surface area (Å²) in [7, 11) is -2.21. The van der Waals surface area contributed by atoms with E-state index in [2.05, 4.69) is 9.46 Å². The summed E-state index contributed by atoms with van der Waals surface area (Å²) in [6.07, 6.45) is 1.57. The molecule has 0 aliphatic carbocycles. The van der Waals surface area contributed by atoms with Gasteiger partial charge in [-0.15, -0.1) is 12.4 Å². The van der Waals surface area contributed by atoms with Crippen molar-refractivity contribution in [2.45, 2.75) is 32.2 Å². The third-order valence-electron chi connectivity index (χ3n) is 2.03. The third kappa shape index (κ3) is 8.37. The van der Waals surface area contributed by atoms with E-state index in [4.69, 9.17) is 5.73 Å². The molecule has 0 rings (SSSR count). The molecule has 8 heteroatoms. The maximum Gasteiger partial charge on any atom is 0.323 e. The molecule has 17 heavy (non-hydrogen) atoms. The summed E-state index contributed by atoms with van der Waals surface area (Å²) in [4.78, 5) is 11.2. The fraction of sp³-hybridized carbons (Fsp3) is 0.889. The quantitative estimate of drug-likeness (QED) is 0.614. The van der Waals surface area contributed by atoms with Crippen LogP contribution in [0.3, 0.4) is 0 Å². The standard InChI is InChI=1S/C9H20N2O4S.ClH/c1-3-4-7-16(13,14)11-8(5-6-10)9(12)15-2;/h8,11H,3-7,10H2,1-2H3;1H. The largest absolute Gasteiger partial charge is 0.468 e. The van der Waals surface area contributed by atoms with E-state index in [1.165, 1.54) is 7.11 Å². The van der Waals surface area contributed by atoms with Gasteiger partial charge in [0.2, 0.25) is 10.0 Å². The lowest BCUT2D eigenvalue weighted by atomic mass is 10.2. The molecule has 3 N–H and O–H groups in total. The third-order valence-corrected chi connectivity index (χ3v) is 3.50. The summed E-state index contributed by atoms with van der Waals surface area (Å²) >= 11 is 0. The molecule has 0 aromatic carbocycles. The molecule has 6 nitrogen and oxygen atoms in total. The van der Waals surface area contributed by atoms with E-state index in [0.29, 0.717) is 6.42 Å². The summed E-state index contributed by atoms with van der Waals surface area (Å²) < 4.78 is 29.9. The average Bonchev–Trinajstić information content (AvgIpc) is 2.24.